The molecule has 0 bridgehead atoms. The van der Waals surface area contributed by atoms with E-state index >= 15 is 0 Å². The molecule has 0 spiro atoms. The van der Waals surface area contributed by atoms with Gasteiger partial charge in [-0.15, -0.1) is 0 Å². The number of rotatable bonds is 4. The van der Waals surface area contributed by atoms with Crippen molar-refractivity contribution in [2.45, 2.75) is 19.8 Å². The fraction of sp³-hybridized carbons (Fsp3) is 0.300. The van der Waals surface area contributed by atoms with Crippen molar-refractivity contribution in [3.8, 4) is 0 Å². The van der Waals surface area contributed by atoms with E-state index in [0.717, 1.165) is 12.3 Å². The molecule has 0 radical (unpaired) electrons. The van der Waals surface area contributed by atoms with Crippen molar-refractivity contribution in [3.63, 3.8) is 0 Å². The predicted molar refractivity (Wildman–Crippen MR) is 58.3 cm³/mol. The predicted octanol–water partition coefficient (Wildman–Crippen LogP) is 1.05. The Labute approximate surface area is 97.0 Å². The molecule has 0 fully saturated rings. The van der Waals surface area contributed by atoms with Crippen LogP contribution in [-0.4, -0.2) is 21.7 Å². The SMILES string of the molecule is CCCC(=O)NC(=O)c1cncc([N+](=O)[O-])c1. The van der Waals surface area contributed by atoms with Gasteiger partial charge >= 0.3 is 0 Å². The molecule has 1 rings (SSSR count). The van der Waals surface area contributed by atoms with Crippen molar-refractivity contribution < 1.29 is 14.5 Å². The largest absolute Gasteiger partial charge is 0.292 e. The molecular formula is C10H11N3O4. The summed E-state index contributed by atoms with van der Waals surface area (Å²) < 4.78 is 0. The minimum absolute atomic E-state index is 0.0105. The van der Waals surface area contributed by atoms with E-state index < -0.39 is 16.7 Å². The summed E-state index contributed by atoms with van der Waals surface area (Å²) in [5.74, 6) is -1.09. The number of imide groups is 1. The maximum atomic E-state index is 11.5. The summed E-state index contributed by atoms with van der Waals surface area (Å²) in [6.07, 6.45) is 3.05. The Morgan fingerprint density at radius 3 is 2.76 bits per heavy atom. The fourth-order valence-corrected chi connectivity index (χ4v) is 1.14. The molecule has 1 heterocycles. The zero-order chi connectivity index (χ0) is 12.8. The Balaban J connectivity index is 2.79. The molecule has 0 aliphatic heterocycles. The van der Waals surface area contributed by atoms with Gasteiger partial charge in [0.25, 0.3) is 11.6 Å². The minimum Gasteiger partial charge on any atom is -0.292 e. The fourth-order valence-electron chi connectivity index (χ4n) is 1.14. The van der Waals surface area contributed by atoms with Gasteiger partial charge in [-0.2, -0.15) is 0 Å². The van der Waals surface area contributed by atoms with E-state index in [1.807, 2.05) is 0 Å². The van der Waals surface area contributed by atoms with Crippen LogP contribution in [0.2, 0.25) is 0 Å². The average Bonchev–Trinajstić information content (AvgIpc) is 2.29. The van der Waals surface area contributed by atoms with Gasteiger partial charge < -0.3 is 0 Å². The van der Waals surface area contributed by atoms with Crippen molar-refractivity contribution in [2.24, 2.45) is 0 Å². The smallest absolute Gasteiger partial charge is 0.288 e. The average molecular weight is 237 g/mol. The Morgan fingerprint density at radius 2 is 2.18 bits per heavy atom. The first-order chi connectivity index (χ1) is 8.04. The van der Waals surface area contributed by atoms with Crippen LogP contribution < -0.4 is 5.32 Å². The zero-order valence-electron chi connectivity index (χ0n) is 9.17. The molecule has 1 aromatic heterocycles. The van der Waals surface area contributed by atoms with Gasteiger partial charge in [0.15, 0.2) is 0 Å². The van der Waals surface area contributed by atoms with Gasteiger partial charge in [0.1, 0.15) is 6.20 Å². The molecule has 2 amide bonds. The second kappa shape index (κ2) is 5.69. The van der Waals surface area contributed by atoms with Crippen LogP contribution in [0.1, 0.15) is 30.1 Å². The molecule has 1 aromatic rings. The summed E-state index contributed by atoms with van der Waals surface area (Å²) in [7, 11) is 0. The molecule has 7 nitrogen and oxygen atoms in total. The topological polar surface area (TPSA) is 102 Å². The molecule has 1 N–H and O–H groups in total. The van der Waals surface area contributed by atoms with E-state index in [4.69, 9.17) is 0 Å². The summed E-state index contributed by atoms with van der Waals surface area (Å²) in [5, 5.41) is 12.6. The Morgan fingerprint density at radius 1 is 1.47 bits per heavy atom. The standard InChI is InChI=1S/C10H11N3O4/c1-2-3-9(14)12-10(15)7-4-8(13(16)17)6-11-5-7/h4-6H,2-3H2,1H3,(H,12,14,15). The molecule has 0 aliphatic rings. The van der Waals surface area contributed by atoms with Gasteiger partial charge in [-0.05, 0) is 6.42 Å². The molecule has 0 aliphatic carbocycles. The van der Waals surface area contributed by atoms with Crippen LogP contribution in [-0.2, 0) is 4.79 Å². The minimum atomic E-state index is -0.681. The van der Waals surface area contributed by atoms with E-state index in [0.29, 0.717) is 6.42 Å². The number of hydrogen-bond donors (Lipinski definition) is 1. The number of aromatic nitrogens is 1. The van der Waals surface area contributed by atoms with Gasteiger partial charge in [-0.25, -0.2) is 0 Å². The second-order valence-corrected chi connectivity index (χ2v) is 3.32. The number of pyridine rings is 1. The third kappa shape index (κ3) is 3.63. The molecule has 0 saturated carbocycles. The van der Waals surface area contributed by atoms with Gasteiger partial charge in [0, 0.05) is 18.7 Å². The lowest BCUT2D eigenvalue weighted by Crippen LogP contribution is -2.30. The van der Waals surface area contributed by atoms with Crippen LogP contribution in [0.15, 0.2) is 18.5 Å². The monoisotopic (exact) mass is 237 g/mol. The third-order valence-electron chi connectivity index (χ3n) is 1.93. The summed E-state index contributed by atoms with van der Waals surface area (Å²) >= 11 is 0. The van der Waals surface area contributed by atoms with E-state index in [9.17, 15) is 19.7 Å². The summed E-state index contributed by atoms with van der Waals surface area (Å²) in [5.41, 5.74) is -0.302. The van der Waals surface area contributed by atoms with Crippen LogP contribution in [0.25, 0.3) is 0 Å². The van der Waals surface area contributed by atoms with Crippen LogP contribution >= 0.6 is 0 Å². The van der Waals surface area contributed by atoms with Gasteiger partial charge in [-0.1, -0.05) is 6.92 Å². The quantitative estimate of drug-likeness (QED) is 0.622. The van der Waals surface area contributed by atoms with Crippen molar-refractivity contribution in [1.29, 1.82) is 0 Å². The van der Waals surface area contributed by atoms with Crippen molar-refractivity contribution in [1.82, 2.24) is 10.3 Å². The number of amides is 2. The Kier molecular flexibility index (Phi) is 4.27. The third-order valence-corrected chi connectivity index (χ3v) is 1.93. The first kappa shape index (κ1) is 12.8. The highest BCUT2D eigenvalue weighted by Crippen LogP contribution is 2.10. The molecule has 17 heavy (non-hydrogen) atoms. The Hall–Kier alpha value is -2.31. The lowest BCUT2D eigenvalue weighted by Gasteiger charge is -2.02. The van der Waals surface area contributed by atoms with E-state index in [1.165, 1.54) is 6.20 Å². The number of nitrogens with one attached hydrogen (secondary N) is 1. The molecule has 90 valence electrons. The first-order valence-electron chi connectivity index (χ1n) is 4.98. The maximum Gasteiger partial charge on any atom is 0.288 e. The van der Waals surface area contributed by atoms with Crippen molar-refractivity contribution >= 4 is 17.5 Å². The van der Waals surface area contributed by atoms with Gasteiger partial charge in [-0.3, -0.25) is 30.0 Å². The summed E-state index contributed by atoms with van der Waals surface area (Å²) in [4.78, 5) is 36.0. The number of nitrogens with zero attached hydrogens (tertiary/aromatic N) is 2. The van der Waals surface area contributed by atoms with Crippen LogP contribution in [0.5, 0.6) is 0 Å². The van der Waals surface area contributed by atoms with Crippen LogP contribution in [0.4, 0.5) is 5.69 Å². The van der Waals surface area contributed by atoms with E-state index in [1.54, 1.807) is 6.92 Å². The first-order valence-corrected chi connectivity index (χ1v) is 4.98. The maximum absolute atomic E-state index is 11.5. The van der Waals surface area contributed by atoms with Gasteiger partial charge in [0.05, 0.1) is 10.5 Å². The van der Waals surface area contributed by atoms with E-state index in [-0.39, 0.29) is 17.7 Å². The van der Waals surface area contributed by atoms with Crippen LogP contribution in [0, 0.1) is 10.1 Å². The highest BCUT2D eigenvalue weighted by Gasteiger charge is 2.14. The van der Waals surface area contributed by atoms with Gasteiger partial charge in [0.2, 0.25) is 5.91 Å². The second-order valence-electron chi connectivity index (χ2n) is 3.32. The number of carbonyl (C=O) groups excluding carboxylic acids is 2. The molecule has 0 unspecified atom stereocenters. The van der Waals surface area contributed by atoms with Crippen LogP contribution in [0.3, 0.4) is 0 Å². The number of nitro groups is 1. The highest BCUT2D eigenvalue weighted by atomic mass is 16.6. The lowest BCUT2D eigenvalue weighted by molar-refractivity contribution is -0.385. The molecular weight excluding hydrogens is 226 g/mol. The van der Waals surface area contributed by atoms with E-state index in [2.05, 4.69) is 10.3 Å². The molecule has 7 heteroatoms. The normalized spacial score (nSPS) is 9.71. The number of carbonyl (C=O) groups is 2. The molecule has 0 aromatic carbocycles. The Bertz CT molecular complexity index is 459. The summed E-state index contributed by atoms with van der Waals surface area (Å²) in [6, 6.07) is 1.07. The van der Waals surface area contributed by atoms with Crippen molar-refractivity contribution in [2.75, 3.05) is 0 Å². The number of hydrogen-bond acceptors (Lipinski definition) is 5. The highest BCUT2D eigenvalue weighted by molar-refractivity contribution is 6.04. The molecule has 0 saturated heterocycles. The summed E-state index contributed by atoms with van der Waals surface area (Å²) in [6.45, 7) is 1.80. The van der Waals surface area contributed by atoms with Crippen molar-refractivity contribution in [3.05, 3.63) is 34.1 Å². The zero-order valence-corrected chi connectivity index (χ0v) is 9.17. The molecule has 0 atom stereocenters. The lowest BCUT2D eigenvalue weighted by atomic mass is 10.2.